The van der Waals surface area contributed by atoms with Crippen molar-refractivity contribution in [3.63, 3.8) is 0 Å². The summed E-state index contributed by atoms with van der Waals surface area (Å²) in [6.45, 7) is 2.38. The van der Waals surface area contributed by atoms with E-state index in [0.29, 0.717) is 22.4 Å². The summed E-state index contributed by atoms with van der Waals surface area (Å²) in [6.07, 6.45) is 0. The Hall–Kier alpha value is -1.68. The van der Waals surface area contributed by atoms with Crippen molar-refractivity contribution in [1.29, 1.82) is 0 Å². The van der Waals surface area contributed by atoms with Gasteiger partial charge in [-0.3, -0.25) is 4.79 Å². The summed E-state index contributed by atoms with van der Waals surface area (Å²) in [5.41, 5.74) is 0.462. The first-order chi connectivity index (χ1) is 9.11. The van der Waals surface area contributed by atoms with Crippen molar-refractivity contribution in [2.75, 3.05) is 6.61 Å². The largest absolute Gasteiger partial charge is 0.494 e. The minimum atomic E-state index is -0.541. The van der Waals surface area contributed by atoms with E-state index in [4.69, 9.17) is 4.74 Å². The molecule has 19 heavy (non-hydrogen) atoms. The van der Waals surface area contributed by atoms with Gasteiger partial charge in [-0.05, 0) is 37.3 Å². The van der Waals surface area contributed by atoms with E-state index in [0.717, 1.165) is 0 Å². The Morgan fingerprint density at radius 1 is 1.26 bits per heavy atom. The summed E-state index contributed by atoms with van der Waals surface area (Å²) in [5.74, 6) is -0.293. The highest BCUT2D eigenvalue weighted by Crippen LogP contribution is 2.20. The molecule has 4 heteroatoms. The van der Waals surface area contributed by atoms with Gasteiger partial charge in [-0.15, -0.1) is 0 Å². The summed E-state index contributed by atoms with van der Waals surface area (Å²) < 4.78 is 19.7. The van der Waals surface area contributed by atoms with Gasteiger partial charge in [0.1, 0.15) is 11.6 Å². The van der Waals surface area contributed by atoms with E-state index in [1.54, 1.807) is 30.3 Å². The van der Waals surface area contributed by atoms with Crippen molar-refractivity contribution in [3.8, 4) is 5.75 Å². The van der Waals surface area contributed by atoms with Crippen LogP contribution in [0.2, 0.25) is 0 Å². The first-order valence-corrected chi connectivity index (χ1v) is 6.63. The smallest absolute Gasteiger partial charge is 0.196 e. The zero-order valence-electron chi connectivity index (χ0n) is 10.3. The van der Waals surface area contributed by atoms with Gasteiger partial charge >= 0.3 is 0 Å². The topological polar surface area (TPSA) is 26.3 Å². The van der Waals surface area contributed by atoms with Crippen LogP contribution in [0.4, 0.5) is 4.39 Å². The minimum absolute atomic E-state index is 0.0526. The van der Waals surface area contributed by atoms with Crippen LogP contribution in [-0.4, -0.2) is 12.4 Å². The first-order valence-electron chi connectivity index (χ1n) is 5.84. The van der Waals surface area contributed by atoms with Crippen LogP contribution in [0.5, 0.6) is 5.75 Å². The number of ketones is 1. The van der Waals surface area contributed by atoms with E-state index in [1.807, 2.05) is 6.92 Å². The molecule has 0 radical (unpaired) electrons. The lowest BCUT2D eigenvalue weighted by molar-refractivity contribution is 0.103. The molecule has 0 atom stereocenters. The Labute approximate surface area is 119 Å². The second-order valence-corrected chi connectivity index (χ2v) is 4.83. The molecule has 0 unspecified atom stereocenters. The van der Waals surface area contributed by atoms with Crippen LogP contribution in [0.15, 0.2) is 46.9 Å². The lowest BCUT2D eigenvalue weighted by Gasteiger charge is -2.06. The molecule has 0 aliphatic carbocycles. The molecule has 0 saturated heterocycles. The van der Waals surface area contributed by atoms with Gasteiger partial charge in [0.2, 0.25) is 0 Å². The first kappa shape index (κ1) is 13.7. The van der Waals surface area contributed by atoms with Gasteiger partial charge in [-0.1, -0.05) is 28.1 Å². The van der Waals surface area contributed by atoms with Crippen LogP contribution >= 0.6 is 15.9 Å². The highest BCUT2D eigenvalue weighted by molar-refractivity contribution is 9.10. The fraction of sp³-hybridized carbons (Fsp3) is 0.133. The number of carbonyl (C=O) groups is 1. The zero-order chi connectivity index (χ0) is 13.8. The monoisotopic (exact) mass is 322 g/mol. The van der Waals surface area contributed by atoms with Crippen LogP contribution in [0.1, 0.15) is 22.8 Å². The van der Waals surface area contributed by atoms with E-state index in [9.17, 15) is 9.18 Å². The van der Waals surface area contributed by atoms with Gasteiger partial charge in [-0.2, -0.15) is 0 Å². The molecule has 0 aromatic heterocycles. The van der Waals surface area contributed by atoms with Gasteiger partial charge in [0.05, 0.1) is 12.2 Å². The van der Waals surface area contributed by atoms with E-state index < -0.39 is 5.82 Å². The summed E-state index contributed by atoms with van der Waals surface area (Å²) >= 11 is 3.16. The van der Waals surface area contributed by atoms with Gasteiger partial charge < -0.3 is 4.74 Å². The molecule has 0 aliphatic heterocycles. The lowest BCUT2D eigenvalue weighted by Crippen LogP contribution is -2.04. The van der Waals surface area contributed by atoms with Crippen molar-refractivity contribution < 1.29 is 13.9 Å². The minimum Gasteiger partial charge on any atom is -0.494 e. The van der Waals surface area contributed by atoms with Gasteiger partial charge in [0.15, 0.2) is 5.78 Å². The fourth-order valence-corrected chi connectivity index (χ4v) is 2.06. The van der Waals surface area contributed by atoms with Crippen LogP contribution in [-0.2, 0) is 0 Å². The third-order valence-corrected chi connectivity index (χ3v) is 3.08. The molecular weight excluding hydrogens is 311 g/mol. The predicted molar refractivity (Wildman–Crippen MR) is 75.1 cm³/mol. The lowest BCUT2D eigenvalue weighted by atomic mass is 10.0. The Morgan fingerprint density at radius 3 is 2.74 bits per heavy atom. The van der Waals surface area contributed by atoms with Crippen LogP contribution < -0.4 is 4.74 Å². The normalized spacial score (nSPS) is 10.3. The Bertz CT molecular complexity index is 611. The highest BCUT2D eigenvalue weighted by Gasteiger charge is 2.14. The number of halogens is 2. The molecule has 98 valence electrons. The predicted octanol–water partition coefficient (Wildman–Crippen LogP) is 4.22. The fourth-order valence-electron chi connectivity index (χ4n) is 1.72. The van der Waals surface area contributed by atoms with Crippen molar-refractivity contribution in [2.45, 2.75) is 6.92 Å². The number of rotatable bonds is 4. The number of hydrogen-bond acceptors (Lipinski definition) is 2. The number of benzene rings is 2. The summed E-state index contributed by atoms with van der Waals surface area (Å²) in [7, 11) is 0. The standard InChI is InChI=1S/C15H12BrFO2/c1-2-19-12-5-3-4-10(8-12)15(18)13-7-6-11(16)9-14(13)17/h3-9H,2H2,1H3. The van der Waals surface area contributed by atoms with Crippen molar-refractivity contribution >= 4 is 21.7 Å². The van der Waals surface area contributed by atoms with E-state index in [-0.39, 0.29) is 11.3 Å². The zero-order valence-corrected chi connectivity index (χ0v) is 11.9. The number of carbonyl (C=O) groups excluding carboxylic acids is 1. The van der Waals surface area contributed by atoms with E-state index in [1.165, 1.54) is 12.1 Å². The molecule has 0 amide bonds. The molecule has 0 aliphatic rings. The molecule has 0 N–H and O–H groups in total. The van der Waals surface area contributed by atoms with Crippen molar-refractivity contribution in [2.24, 2.45) is 0 Å². The third kappa shape index (κ3) is 3.20. The third-order valence-electron chi connectivity index (χ3n) is 2.58. The molecule has 0 heterocycles. The number of hydrogen-bond donors (Lipinski definition) is 0. The molecule has 2 aromatic rings. The highest BCUT2D eigenvalue weighted by atomic mass is 79.9. The molecule has 0 bridgehead atoms. The second-order valence-electron chi connectivity index (χ2n) is 3.91. The average Bonchev–Trinajstić information content (AvgIpc) is 2.39. The number of ether oxygens (including phenoxy) is 1. The summed E-state index contributed by atoms with van der Waals surface area (Å²) in [4.78, 5) is 12.2. The van der Waals surface area contributed by atoms with Gasteiger partial charge in [-0.25, -0.2) is 4.39 Å². The quantitative estimate of drug-likeness (QED) is 0.788. The van der Waals surface area contributed by atoms with Crippen LogP contribution in [0, 0.1) is 5.82 Å². The maximum absolute atomic E-state index is 13.8. The molecule has 2 aromatic carbocycles. The summed E-state index contributed by atoms with van der Waals surface area (Å²) in [5, 5.41) is 0. The molecule has 0 spiro atoms. The van der Waals surface area contributed by atoms with Gasteiger partial charge in [0.25, 0.3) is 0 Å². The molecule has 0 fully saturated rings. The van der Waals surface area contributed by atoms with Crippen molar-refractivity contribution in [1.82, 2.24) is 0 Å². The van der Waals surface area contributed by atoms with Crippen molar-refractivity contribution in [3.05, 3.63) is 63.9 Å². The van der Waals surface area contributed by atoms with Gasteiger partial charge in [0, 0.05) is 10.0 Å². The molecule has 2 nitrogen and oxygen atoms in total. The Morgan fingerprint density at radius 2 is 2.05 bits per heavy atom. The molecule has 0 saturated carbocycles. The average molecular weight is 323 g/mol. The Balaban J connectivity index is 2.35. The molecular formula is C15H12BrFO2. The SMILES string of the molecule is CCOc1cccc(C(=O)c2ccc(Br)cc2F)c1. The van der Waals surface area contributed by atoms with Crippen LogP contribution in [0.25, 0.3) is 0 Å². The van der Waals surface area contributed by atoms with E-state index in [2.05, 4.69) is 15.9 Å². The molecule has 2 rings (SSSR count). The summed E-state index contributed by atoms with van der Waals surface area (Å²) in [6, 6.07) is 11.1. The van der Waals surface area contributed by atoms with Crippen LogP contribution in [0.3, 0.4) is 0 Å². The van der Waals surface area contributed by atoms with E-state index >= 15 is 0 Å². The Kier molecular flexibility index (Phi) is 4.32. The second kappa shape index (κ2) is 5.97. The maximum Gasteiger partial charge on any atom is 0.196 e. The maximum atomic E-state index is 13.8.